The Morgan fingerprint density at radius 3 is 2.58 bits per heavy atom. The molecule has 1 aliphatic heterocycles. The van der Waals surface area contributed by atoms with E-state index in [1.165, 1.54) is 0 Å². The van der Waals surface area contributed by atoms with Gasteiger partial charge in [0.2, 0.25) is 0 Å². The van der Waals surface area contributed by atoms with Gasteiger partial charge in [0, 0.05) is 38.9 Å². The number of nitrogens with one attached hydrogen (secondary N) is 3. The van der Waals surface area contributed by atoms with Crippen LogP contribution in [-0.4, -0.2) is 37.4 Å². The summed E-state index contributed by atoms with van der Waals surface area (Å²) in [6.45, 7) is 5.05. The van der Waals surface area contributed by atoms with Crippen LogP contribution in [0.2, 0.25) is 0 Å². The number of aliphatic imine (C=N–C) groups is 1. The van der Waals surface area contributed by atoms with Crippen molar-refractivity contribution in [1.82, 2.24) is 20.9 Å². The van der Waals surface area contributed by atoms with E-state index in [9.17, 15) is 0 Å². The highest BCUT2D eigenvalue weighted by atomic mass is 15.0. The van der Waals surface area contributed by atoms with Crippen LogP contribution in [0.5, 0.6) is 0 Å². The van der Waals surface area contributed by atoms with E-state index in [0.717, 1.165) is 50.7 Å². The Kier molecular flexibility index (Phi) is 6.05. The van der Waals surface area contributed by atoms with E-state index in [1.807, 2.05) is 24.6 Å². The molecule has 0 atom stereocenters. The smallest absolute Gasteiger partial charge is 0.0545 e. The van der Waals surface area contributed by atoms with E-state index >= 15 is 0 Å². The van der Waals surface area contributed by atoms with Gasteiger partial charge >= 0.3 is 0 Å². The van der Waals surface area contributed by atoms with Gasteiger partial charge in [-0.1, -0.05) is 6.07 Å². The third-order valence-corrected chi connectivity index (χ3v) is 2.75. The first kappa shape index (κ1) is 13.7. The van der Waals surface area contributed by atoms with Crippen LogP contribution in [0.3, 0.4) is 0 Å². The molecule has 102 valence electrons. The summed E-state index contributed by atoms with van der Waals surface area (Å²) in [5, 5.41) is 9.91. The molecular formula is C14H21N5. The molecule has 0 saturated carbocycles. The first-order valence-corrected chi connectivity index (χ1v) is 6.70. The molecule has 2 rings (SSSR count). The Morgan fingerprint density at radius 2 is 1.74 bits per heavy atom. The Balaban J connectivity index is 1.92. The fraction of sp³-hybridized carbons (Fsp3) is 0.429. The topological polar surface area (TPSA) is 61.3 Å². The molecule has 2 bridgehead atoms. The molecule has 1 aromatic rings. The van der Waals surface area contributed by atoms with Gasteiger partial charge in [0.25, 0.3) is 0 Å². The van der Waals surface area contributed by atoms with Crippen LogP contribution in [0.15, 0.2) is 35.5 Å². The summed E-state index contributed by atoms with van der Waals surface area (Å²) >= 11 is 0. The fourth-order valence-corrected chi connectivity index (χ4v) is 1.79. The van der Waals surface area contributed by atoms with Gasteiger partial charge in [-0.2, -0.15) is 0 Å². The maximum absolute atomic E-state index is 4.60. The molecule has 0 aliphatic carbocycles. The summed E-state index contributed by atoms with van der Waals surface area (Å²) in [5.74, 6) is 0. The van der Waals surface area contributed by atoms with Crippen LogP contribution >= 0.6 is 0 Å². The van der Waals surface area contributed by atoms with Gasteiger partial charge in [0.15, 0.2) is 0 Å². The van der Waals surface area contributed by atoms with E-state index in [1.54, 1.807) is 0 Å². The molecule has 0 spiro atoms. The Hall–Kier alpha value is -1.72. The Labute approximate surface area is 114 Å². The number of aromatic nitrogens is 1. The van der Waals surface area contributed by atoms with Crippen LogP contribution in [-0.2, 0) is 13.1 Å². The first-order chi connectivity index (χ1) is 9.45. The second kappa shape index (κ2) is 8.39. The molecule has 0 aromatic carbocycles. The molecule has 5 nitrogen and oxygen atoms in total. The summed E-state index contributed by atoms with van der Waals surface area (Å²) in [6.07, 6.45) is 5.67. The number of rotatable bonds is 0. The lowest BCUT2D eigenvalue weighted by Crippen LogP contribution is -2.25. The fourth-order valence-electron chi connectivity index (χ4n) is 1.79. The standard InChI is InChI=1S/C14H21N5/c1-3-13-11-17-9-7-15-5-2-6-16-8-10-18-12-14(4-1)19-13/h1-6,15,17-18H,7-12H2/b5-2-,16-6+. The average Bonchev–Trinajstić information content (AvgIpc) is 2.43. The molecule has 1 aromatic heterocycles. The van der Waals surface area contributed by atoms with Crippen LogP contribution in [0, 0.1) is 0 Å². The van der Waals surface area contributed by atoms with Crippen molar-refractivity contribution in [3.05, 3.63) is 41.9 Å². The zero-order valence-electron chi connectivity index (χ0n) is 11.1. The number of allylic oxidation sites excluding steroid dienone is 1. The van der Waals surface area contributed by atoms with Crippen LogP contribution in [0.25, 0.3) is 0 Å². The third-order valence-electron chi connectivity index (χ3n) is 2.75. The van der Waals surface area contributed by atoms with E-state index < -0.39 is 0 Å². The predicted molar refractivity (Wildman–Crippen MR) is 78.2 cm³/mol. The summed E-state index contributed by atoms with van der Waals surface area (Å²) in [4.78, 5) is 8.89. The lowest BCUT2D eigenvalue weighted by molar-refractivity contribution is 0.642. The molecular weight excluding hydrogens is 238 g/mol. The molecule has 3 N–H and O–H groups in total. The molecule has 19 heavy (non-hydrogen) atoms. The molecule has 0 amide bonds. The van der Waals surface area contributed by atoms with Gasteiger partial charge in [-0.15, -0.1) is 0 Å². The number of hydrogen-bond acceptors (Lipinski definition) is 5. The second-order valence-electron chi connectivity index (χ2n) is 4.34. The van der Waals surface area contributed by atoms with Gasteiger partial charge in [-0.05, 0) is 24.4 Å². The minimum atomic E-state index is 0.783. The highest BCUT2D eigenvalue weighted by molar-refractivity contribution is 5.70. The maximum Gasteiger partial charge on any atom is 0.0545 e. The Morgan fingerprint density at radius 1 is 0.947 bits per heavy atom. The van der Waals surface area contributed by atoms with Crippen molar-refractivity contribution in [2.24, 2.45) is 4.99 Å². The molecule has 0 fully saturated rings. The molecule has 0 unspecified atom stereocenters. The highest BCUT2D eigenvalue weighted by Gasteiger charge is 1.98. The largest absolute Gasteiger partial charge is 0.390 e. The molecule has 0 saturated heterocycles. The van der Waals surface area contributed by atoms with E-state index in [0.29, 0.717) is 0 Å². The number of pyridine rings is 1. The SMILES string of the molecule is C1=C\NCCNCc2cccc(n2)CNCC/N=C/1. The summed E-state index contributed by atoms with van der Waals surface area (Å²) < 4.78 is 0. The van der Waals surface area contributed by atoms with Gasteiger partial charge in [-0.3, -0.25) is 9.98 Å². The van der Waals surface area contributed by atoms with Gasteiger partial charge in [0.1, 0.15) is 0 Å². The van der Waals surface area contributed by atoms with E-state index in [4.69, 9.17) is 0 Å². The summed E-state index contributed by atoms with van der Waals surface area (Å²) in [7, 11) is 0. The molecule has 5 heteroatoms. The van der Waals surface area contributed by atoms with Crippen LogP contribution < -0.4 is 16.0 Å². The van der Waals surface area contributed by atoms with Crippen molar-refractivity contribution >= 4 is 6.21 Å². The van der Waals surface area contributed by atoms with Crippen molar-refractivity contribution in [3.63, 3.8) is 0 Å². The normalized spacial score (nSPS) is 21.3. The van der Waals surface area contributed by atoms with Crippen molar-refractivity contribution in [3.8, 4) is 0 Å². The van der Waals surface area contributed by atoms with Gasteiger partial charge in [-0.25, -0.2) is 0 Å². The molecule has 2 heterocycles. The third kappa shape index (κ3) is 5.63. The van der Waals surface area contributed by atoms with Crippen molar-refractivity contribution in [1.29, 1.82) is 0 Å². The van der Waals surface area contributed by atoms with Crippen LogP contribution in [0.4, 0.5) is 0 Å². The monoisotopic (exact) mass is 259 g/mol. The minimum absolute atomic E-state index is 0.783. The molecule has 1 aliphatic rings. The van der Waals surface area contributed by atoms with E-state index in [-0.39, 0.29) is 0 Å². The number of fused-ring (bicyclic) bond motifs is 2. The summed E-state index contributed by atoms with van der Waals surface area (Å²) in [5.41, 5.74) is 2.16. The summed E-state index contributed by atoms with van der Waals surface area (Å²) in [6, 6.07) is 6.16. The van der Waals surface area contributed by atoms with E-state index in [2.05, 4.69) is 38.1 Å². The highest BCUT2D eigenvalue weighted by Crippen LogP contribution is 1.99. The number of hydrogen-bond donors (Lipinski definition) is 3. The van der Waals surface area contributed by atoms with Crippen LogP contribution in [0.1, 0.15) is 11.4 Å². The van der Waals surface area contributed by atoms with Crippen molar-refractivity contribution in [2.45, 2.75) is 13.1 Å². The van der Waals surface area contributed by atoms with Crippen molar-refractivity contribution in [2.75, 3.05) is 26.2 Å². The zero-order valence-corrected chi connectivity index (χ0v) is 11.1. The minimum Gasteiger partial charge on any atom is -0.390 e. The van der Waals surface area contributed by atoms with Gasteiger partial charge in [0.05, 0.1) is 17.9 Å². The quantitative estimate of drug-likeness (QED) is 0.633. The average molecular weight is 259 g/mol. The first-order valence-electron chi connectivity index (χ1n) is 6.70. The Bertz CT molecular complexity index is 428. The van der Waals surface area contributed by atoms with Crippen molar-refractivity contribution < 1.29 is 0 Å². The second-order valence-corrected chi connectivity index (χ2v) is 4.34. The van der Waals surface area contributed by atoms with Gasteiger partial charge < -0.3 is 16.0 Å². The lowest BCUT2D eigenvalue weighted by atomic mass is 10.3. The maximum atomic E-state index is 4.60. The predicted octanol–water partition coefficient (Wildman–Crippen LogP) is 0.449. The lowest BCUT2D eigenvalue weighted by Gasteiger charge is -2.07. The zero-order chi connectivity index (χ0) is 13.2. The molecule has 0 radical (unpaired) electrons. The number of nitrogens with zero attached hydrogens (tertiary/aromatic N) is 2.